The fraction of sp³-hybridized carbons (Fsp3) is 0.381. The molecule has 0 unspecified atom stereocenters. The minimum atomic E-state index is -4.36. The third-order valence-electron chi connectivity index (χ3n) is 4.67. The second-order valence-electron chi connectivity index (χ2n) is 6.89. The van der Waals surface area contributed by atoms with Crippen LogP contribution in [0.4, 0.5) is 13.2 Å². The molecule has 0 spiro atoms. The Bertz CT molecular complexity index is 804. The van der Waals surface area contributed by atoms with Crippen LogP contribution in [0.25, 0.3) is 0 Å². The molecule has 0 N–H and O–H groups in total. The van der Waals surface area contributed by atoms with E-state index in [4.69, 9.17) is 4.74 Å². The van der Waals surface area contributed by atoms with Crippen molar-refractivity contribution in [2.24, 2.45) is 0 Å². The molecule has 6 heteroatoms. The minimum Gasteiger partial charge on any atom is -0.372 e. The molecule has 1 heterocycles. The standard InChI is InChI=1S/C21H22F3NO2/c1-15-5-2-7-17(11-15)20(26)25-10-4-9-19(13-25)27-14-16-6-3-8-18(12-16)21(22,23)24/h2-3,5-8,11-12,19H,4,9-10,13-14H2,1H3/t19-/m1/s1. The summed E-state index contributed by atoms with van der Waals surface area (Å²) in [6.45, 7) is 3.15. The van der Waals surface area contributed by atoms with Crippen LogP contribution in [0.2, 0.25) is 0 Å². The van der Waals surface area contributed by atoms with Gasteiger partial charge in [-0.3, -0.25) is 4.79 Å². The Labute approximate surface area is 156 Å². The zero-order valence-electron chi connectivity index (χ0n) is 15.1. The third kappa shape index (κ3) is 5.10. The Morgan fingerprint density at radius 2 is 1.96 bits per heavy atom. The van der Waals surface area contributed by atoms with Crippen molar-refractivity contribution in [3.05, 3.63) is 70.8 Å². The number of halogens is 3. The van der Waals surface area contributed by atoms with Crippen molar-refractivity contribution < 1.29 is 22.7 Å². The smallest absolute Gasteiger partial charge is 0.372 e. The molecule has 1 amide bonds. The lowest BCUT2D eigenvalue weighted by Crippen LogP contribution is -2.43. The van der Waals surface area contributed by atoms with E-state index in [1.807, 2.05) is 25.1 Å². The van der Waals surface area contributed by atoms with Crippen LogP contribution in [0.3, 0.4) is 0 Å². The van der Waals surface area contributed by atoms with Gasteiger partial charge in [0.2, 0.25) is 0 Å². The molecule has 1 aliphatic rings. The van der Waals surface area contributed by atoms with Gasteiger partial charge in [0.05, 0.1) is 18.3 Å². The number of rotatable bonds is 4. The minimum absolute atomic E-state index is 0.0360. The van der Waals surface area contributed by atoms with E-state index >= 15 is 0 Å². The van der Waals surface area contributed by atoms with Crippen LogP contribution in [0.1, 0.15) is 39.9 Å². The molecule has 2 aromatic carbocycles. The van der Waals surface area contributed by atoms with Crippen molar-refractivity contribution in [2.75, 3.05) is 13.1 Å². The number of carbonyl (C=O) groups excluding carboxylic acids is 1. The summed E-state index contributed by atoms with van der Waals surface area (Å²) >= 11 is 0. The zero-order chi connectivity index (χ0) is 19.4. The molecule has 144 valence electrons. The van der Waals surface area contributed by atoms with E-state index in [1.54, 1.807) is 17.0 Å². The lowest BCUT2D eigenvalue weighted by molar-refractivity contribution is -0.137. The lowest BCUT2D eigenvalue weighted by Gasteiger charge is -2.33. The first-order valence-corrected chi connectivity index (χ1v) is 8.96. The highest BCUT2D eigenvalue weighted by atomic mass is 19.4. The Morgan fingerprint density at radius 1 is 1.19 bits per heavy atom. The Balaban J connectivity index is 1.60. The highest BCUT2D eigenvalue weighted by Crippen LogP contribution is 2.30. The third-order valence-corrected chi connectivity index (χ3v) is 4.67. The van der Waals surface area contributed by atoms with Crippen LogP contribution in [0.5, 0.6) is 0 Å². The van der Waals surface area contributed by atoms with Crippen molar-refractivity contribution in [1.29, 1.82) is 0 Å². The van der Waals surface area contributed by atoms with E-state index in [-0.39, 0.29) is 18.6 Å². The summed E-state index contributed by atoms with van der Waals surface area (Å²) in [7, 11) is 0. The number of piperidine rings is 1. The molecule has 3 rings (SSSR count). The quantitative estimate of drug-likeness (QED) is 0.763. The van der Waals surface area contributed by atoms with Crippen LogP contribution in [-0.4, -0.2) is 30.0 Å². The maximum Gasteiger partial charge on any atom is 0.416 e. The van der Waals surface area contributed by atoms with Gasteiger partial charge in [-0.15, -0.1) is 0 Å². The van der Waals surface area contributed by atoms with Gasteiger partial charge >= 0.3 is 6.18 Å². The van der Waals surface area contributed by atoms with Gasteiger partial charge in [-0.2, -0.15) is 13.2 Å². The maximum atomic E-state index is 12.8. The summed E-state index contributed by atoms with van der Waals surface area (Å²) in [4.78, 5) is 14.4. The normalized spacial score (nSPS) is 17.8. The number of nitrogens with zero attached hydrogens (tertiary/aromatic N) is 1. The van der Waals surface area contributed by atoms with Crippen LogP contribution in [0.15, 0.2) is 48.5 Å². The Morgan fingerprint density at radius 3 is 2.70 bits per heavy atom. The summed E-state index contributed by atoms with van der Waals surface area (Å²) in [5, 5.41) is 0. The van der Waals surface area contributed by atoms with Crippen LogP contribution in [0, 0.1) is 6.92 Å². The highest BCUT2D eigenvalue weighted by Gasteiger charge is 2.30. The molecule has 0 radical (unpaired) electrons. The summed E-state index contributed by atoms with van der Waals surface area (Å²) in [5.74, 6) is -0.0360. The van der Waals surface area contributed by atoms with E-state index in [1.165, 1.54) is 6.07 Å². The zero-order valence-corrected chi connectivity index (χ0v) is 15.1. The van der Waals surface area contributed by atoms with Crippen molar-refractivity contribution >= 4 is 5.91 Å². The summed E-state index contributed by atoms with van der Waals surface area (Å²) < 4.78 is 44.2. The number of alkyl halides is 3. The molecule has 27 heavy (non-hydrogen) atoms. The monoisotopic (exact) mass is 377 g/mol. The average molecular weight is 377 g/mol. The van der Waals surface area contributed by atoms with Gasteiger partial charge < -0.3 is 9.64 Å². The SMILES string of the molecule is Cc1cccc(C(=O)N2CCC[C@@H](OCc3cccc(C(F)(F)F)c3)C2)c1. The number of hydrogen-bond donors (Lipinski definition) is 0. The van der Waals surface area contributed by atoms with Crippen LogP contribution < -0.4 is 0 Å². The molecule has 0 saturated carbocycles. The van der Waals surface area contributed by atoms with Gasteiger partial charge in [0.25, 0.3) is 5.91 Å². The largest absolute Gasteiger partial charge is 0.416 e. The molecule has 2 aromatic rings. The highest BCUT2D eigenvalue weighted by molar-refractivity contribution is 5.94. The van der Waals surface area contributed by atoms with Crippen molar-refractivity contribution in [3.8, 4) is 0 Å². The fourth-order valence-electron chi connectivity index (χ4n) is 3.27. The first kappa shape index (κ1) is 19.4. The molecular formula is C21H22F3NO2. The van der Waals surface area contributed by atoms with Gasteiger partial charge in [0.15, 0.2) is 0 Å². The number of ether oxygens (including phenoxy) is 1. The predicted molar refractivity (Wildman–Crippen MR) is 96.3 cm³/mol. The number of hydrogen-bond acceptors (Lipinski definition) is 2. The van der Waals surface area contributed by atoms with E-state index in [2.05, 4.69) is 0 Å². The first-order chi connectivity index (χ1) is 12.8. The second-order valence-corrected chi connectivity index (χ2v) is 6.89. The fourth-order valence-corrected chi connectivity index (χ4v) is 3.27. The van der Waals surface area contributed by atoms with Gasteiger partial charge in [0.1, 0.15) is 0 Å². The first-order valence-electron chi connectivity index (χ1n) is 8.96. The van der Waals surface area contributed by atoms with E-state index < -0.39 is 11.7 Å². The number of likely N-dealkylation sites (tertiary alicyclic amines) is 1. The molecule has 3 nitrogen and oxygen atoms in total. The molecule has 1 atom stereocenters. The summed E-state index contributed by atoms with van der Waals surface area (Å²) in [6, 6.07) is 12.6. The van der Waals surface area contributed by atoms with Gasteiger partial charge in [0, 0.05) is 18.7 Å². The lowest BCUT2D eigenvalue weighted by atomic mass is 10.1. The Kier molecular flexibility index (Phi) is 5.85. The van der Waals surface area contributed by atoms with Gasteiger partial charge in [-0.05, 0) is 49.6 Å². The second kappa shape index (κ2) is 8.13. The number of amides is 1. The topological polar surface area (TPSA) is 29.5 Å². The molecule has 0 aliphatic carbocycles. The molecule has 1 saturated heterocycles. The van der Waals surface area contributed by atoms with E-state index in [0.29, 0.717) is 24.2 Å². The summed E-state index contributed by atoms with van der Waals surface area (Å²) in [6.07, 6.45) is -2.94. The molecular weight excluding hydrogens is 355 g/mol. The number of carbonyl (C=O) groups is 1. The molecule has 0 aromatic heterocycles. The summed E-state index contributed by atoms with van der Waals surface area (Å²) in [5.41, 5.74) is 1.47. The molecule has 1 fully saturated rings. The molecule has 1 aliphatic heterocycles. The van der Waals surface area contributed by atoms with Gasteiger partial charge in [-0.25, -0.2) is 0 Å². The number of benzene rings is 2. The van der Waals surface area contributed by atoms with Crippen molar-refractivity contribution in [3.63, 3.8) is 0 Å². The maximum absolute atomic E-state index is 12.8. The predicted octanol–water partition coefficient (Wildman–Crippen LogP) is 4.84. The van der Waals surface area contributed by atoms with E-state index in [0.717, 1.165) is 30.5 Å². The number of aryl methyl sites for hydroxylation is 1. The van der Waals surface area contributed by atoms with E-state index in [9.17, 15) is 18.0 Å². The Hall–Kier alpha value is -2.34. The van der Waals surface area contributed by atoms with Crippen LogP contribution >= 0.6 is 0 Å². The average Bonchev–Trinajstić information content (AvgIpc) is 2.65. The van der Waals surface area contributed by atoms with Crippen molar-refractivity contribution in [1.82, 2.24) is 4.90 Å². The van der Waals surface area contributed by atoms with Crippen molar-refractivity contribution in [2.45, 2.75) is 38.7 Å². The van der Waals surface area contributed by atoms with Gasteiger partial charge in [-0.1, -0.05) is 29.8 Å². The van der Waals surface area contributed by atoms with Crippen LogP contribution in [-0.2, 0) is 17.5 Å². The molecule has 0 bridgehead atoms.